The molecule has 17 heavy (non-hydrogen) atoms. The molecule has 7 heteroatoms. The molecule has 0 radical (unpaired) electrons. The highest BCUT2D eigenvalue weighted by Gasteiger charge is 2.31. The molecule has 0 aromatic heterocycles. The summed E-state index contributed by atoms with van der Waals surface area (Å²) in [7, 11) is 0. The number of carbonyl (C=O) groups is 2. The molecule has 0 saturated heterocycles. The number of carbonyl (C=O) groups excluding carboxylic acids is 2. The molecule has 1 amide bonds. The fraction of sp³-hybridized carbons (Fsp3) is 0.200. The van der Waals surface area contributed by atoms with Crippen molar-refractivity contribution in [1.82, 2.24) is 5.32 Å². The van der Waals surface area contributed by atoms with E-state index in [4.69, 9.17) is 0 Å². The number of aldehydes is 1. The maximum atomic E-state index is 12.0. The van der Waals surface area contributed by atoms with Crippen molar-refractivity contribution in [3.63, 3.8) is 0 Å². The molecule has 0 aliphatic carbocycles. The molecule has 0 spiro atoms. The molecule has 1 rings (SSSR count). The van der Waals surface area contributed by atoms with Crippen LogP contribution in [0.1, 0.15) is 5.56 Å². The molecule has 4 nitrogen and oxygen atoms in total. The first-order chi connectivity index (χ1) is 7.92. The fourth-order valence-corrected chi connectivity index (χ4v) is 1.10. The fourth-order valence-electron chi connectivity index (χ4n) is 1.10. The smallest absolute Gasteiger partial charge is 0.405 e. The van der Waals surface area contributed by atoms with Crippen molar-refractivity contribution >= 4 is 12.2 Å². The summed E-state index contributed by atoms with van der Waals surface area (Å²) in [5.74, 6) is -1.32. The van der Waals surface area contributed by atoms with Crippen molar-refractivity contribution in [2.75, 3.05) is 0 Å². The Bertz CT molecular complexity index is 418. The number of rotatable bonds is 4. The number of amides is 1. The molecule has 0 aliphatic heterocycles. The molecule has 0 heterocycles. The van der Waals surface area contributed by atoms with Crippen LogP contribution in [0.15, 0.2) is 24.3 Å². The Morgan fingerprint density at radius 2 is 2.00 bits per heavy atom. The first-order valence-electron chi connectivity index (χ1n) is 4.49. The Kier molecular flexibility index (Phi) is 4.08. The second-order valence-electron chi connectivity index (χ2n) is 2.99. The van der Waals surface area contributed by atoms with E-state index in [1.807, 2.05) is 0 Å². The third-order valence-electron chi connectivity index (χ3n) is 1.76. The Morgan fingerprint density at radius 1 is 1.35 bits per heavy atom. The van der Waals surface area contributed by atoms with Gasteiger partial charge in [0.1, 0.15) is 5.75 Å². The largest absolute Gasteiger partial charge is 0.573 e. The van der Waals surface area contributed by atoms with Crippen molar-refractivity contribution in [1.29, 1.82) is 0 Å². The Hall–Kier alpha value is -2.05. The Morgan fingerprint density at radius 3 is 2.59 bits per heavy atom. The second-order valence-corrected chi connectivity index (χ2v) is 2.99. The van der Waals surface area contributed by atoms with Crippen LogP contribution >= 0.6 is 0 Å². The van der Waals surface area contributed by atoms with Gasteiger partial charge in [-0.25, -0.2) is 0 Å². The molecule has 0 bridgehead atoms. The summed E-state index contributed by atoms with van der Waals surface area (Å²) in [6, 6.07) is 5.33. The highest BCUT2D eigenvalue weighted by atomic mass is 19.4. The lowest BCUT2D eigenvalue weighted by Gasteiger charge is -2.12. The summed E-state index contributed by atoms with van der Waals surface area (Å²) in [5, 5.41) is 2.12. The van der Waals surface area contributed by atoms with Gasteiger partial charge in [-0.05, 0) is 6.07 Å². The van der Waals surface area contributed by atoms with E-state index in [1.54, 1.807) is 0 Å². The van der Waals surface area contributed by atoms with Crippen LogP contribution in [-0.4, -0.2) is 18.6 Å². The number of para-hydroxylation sites is 1. The number of hydrogen-bond acceptors (Lipinski definition) is 3. The van der Waals surface area contributed by atoms with Crippen LogP contribution in [0.3, 0.4) is 0 Å². The van der Waals surface area contributed by atoms with Crippen molar-refractivity contribution in [2.45, 2.75) is 12.9 Å². The number of benzene rings is 1. The lowest BCUT2D eigenvalue weighted by atomic mass is 10.2. The van der Waals surface area contributed by atoms with Gasteiger partial charge >= 0.3 is 6.36 Å². The van der Waals surface area contributed by atoms with Crippen LogP contribution in [0.2, 0.25) is 0 Å². The summed E-state index contributed by atoms with van der Waals surface area (Å²) >= 11 is 0. The zero-order valence-electron chi connectivity index (χ0n) is 8.45. The number of halogens is 3. The molecule has 1 aromatic rings. The lowest BCUT2D eigenvalue weighted by molar-refractivity contribution is -0.274. The average molecular weight is 247 g/mol. The number of nitrogens with one attached hydrogen (secondary N) is 1. The predicted molar refractivity (Wildman–Crippen MR) is 51.0 cm³/mol. The van der Waals surface area contributed by atoms with Crippen molar-refractivity contribution in [2.24, 2.45) is 0 Å². The second kappa shape index (κ2) is 5.33. The van der Waals surface area contributed by atoms with E-state index in [1.165, 1.54) is 18.2 Å². The van der Waals surface area contributed by atoms with Crippen LogP contribution in [0.5, 0.6) is 5.75 Å². The van der Waals surface area contributed by atoms with Crippen molar-refractivity contribution in [3.8, 4) is 5.75 Å². The van der Waals surface area contributed by atoms with Gasteiger partial charge in [0, 0.05) is 12.1 Å². The maximum absolute atomic E-state index is 12.0. The summed E-state index contributed by atoms with van der Waals surface area (Å²) < 4.78 is 39.8. The molecule has 92 valence electrons. The van der Waals surface area contributed by atoms with Crippen molar-refractivity contribution in [3.05, 3.63) is 29.8 Å². The van der Waals surface area contributed by atoms with Gasteiger partial charge in [0.25, 0.3) is 5.91 Å². The minimum Gasteiger partial charge on any atom is -0.405 e. The van der Waals surface area contributed by atoms with Gasteiger partial charge < -0.3 is 10.1 Å². The third kappa shape index (κ3) is 4.54. The van der Waals surface area contributed by atoms with Gasteiger partial charge in [-0.2, -0.15) is 0 Å². The van der Waals surface area contributed by atoms with E-state index in [-0.39, 0.29) is 18.4 Å². The topological polar surface area (TPSA) is 55.4 Å². The van der Waals surface area contributed by atoms with E-state index in [0.717, 1.165) is 6.07 Å². The summed E-state index contributed by atoms with van der Waals surface area (Å²) in [5.41, 5.74) is 0.125. The summed E-state index contributed by atoms with van der Waals surface area (Å²) in [6.45, 7) is -0.218. The first-order valence-corrected chi connectivity index (χ1v) is 4.49. The van der Waals surface area contributed by atoms with E-state index >= 15 is 0 Å². The molecule has 0 fully saturated rings. The first kappa shape index (κ1) is 13.0. The maximum Gasteiger partial charge on any atom is 0.573 e. The van der Waals surface area contributed by atoms with E-state index in [2.05, 4.69) is 10.1 Å². The summed E-state index contributed by atoms with van der Waals surface area (Å²) in [4.78, 5) is 20.7. The molecule has 0 atom stereocenters. The van der Waals surface area contributed by atoms with Crippen LogP contribution in [0.25, 0.3) is 0 Å². The monoisotopic (exact) mass is 247 g/mol. The van der Waals surface area contributed by atoms with E-state index in [0.29, 0.717) is 0 Å². The Balaban J connectivity index is 2.77. The quantitative estimate of drug-likeness (QED) is 0.646. The molecular formula is C10H8F3NO3. The predicted octanol–water partition coefficient (Wildman–Crippen LogP) is 1.40. The van der Waals surface area contributed by atoms with Crippen molar-refractivity contribution < 1.29 is 27.5 Å². The van der Waals surface area contributed by atoms with Gasteiger partial charge in [0.05, 0.1) is 0 Å². The highest BCUT2D eigenvalue weighted by molar-refractivity contribution is 6.23. The zero-order chi connectivity index (χ0) is 12.9. The number of ether oxygens (including phenoxy) is 1. The molecule has 0 saturated carbocycles. The van der Waals surface area contributed by atoms with Gasteiger partial charge in [0.15, 0.2) is 0 Å². The molecule has 1 aromatic carbocycles. The number of alkyl halides is 3. The molecule has 0 aliphatic rings. The van der Waals surface area contributed by atoms with Gasteiger partial charge in [-0.3, -0.25) is 9.59 Å². The Labute approximate surface area is 94.4 Å². The molecular weight excluding hydrogens is 239 g/mol. The number of hydrogen-bond donors (Lipinski definition) is 1. The lowest BCUT2D eigenvalue weighted by Crippen LogP contribution is -2.24. The average Bonchev–Trinajstić information content (AvgIpc) is 2.25. The highest BCUT2D eigenvalue weighted by Crippen LogP contribution is 2.25. The van der Waals surface area contributed by atoms with E-state index < -0.39 is 18.0 Å². The third-order valence-corrected chi connectivity index (χ3v) is 1.76. The standard InChI is InChI=1S/C10H8F3NO3/c11-10(12,13)17-8-4-2-1-3-7(8)5-14-9(16)6-15/h1-4,6H,5H2,(H,14,16). The van der Waals surface area contributed by atoms with Gasteiger partial charge in [0.2, 0.25) is 6.29 Å². The minimum atomic E-state index is -4.80. The molecule has 1 N–H and O–H groups in total. The van der Waals surface area contributed by atoms with Crippen LogP contribution < -0.4 is 10.1 Å². The normalized spacial score (nSPS) is 10.8. The molecule has 0 unspecified atom stereocenters. The van der Waals surface area contributed by atoms with E-state index in [9.17, 15) is 22.8 Å². The van der Waals surface area contributed by atoms with Crippen LogP contribution in [0.4, 0.5) is 13.2 Å². The summed E-state index contributed by atoms with van der Waals surface area (Å²) in [6.07, 6.45) is -4.77. The van der Waals surface area contributed by atoms with Gasteiger partial charge in [-0.1, -0.05) is 18.2 Å². The zero-order valence-corrected chi connectivity index (χ0v) is 8.45. The minimum absolute atomic E-state index is 0.0349. The van der Waals surface area contributed by atoms with Crippen LogP contribution in [0, 0.1) is 0 Å². The van der Waals surface area contributed by atoms with Gasteiger partial charge in [-0.15, -0.1) is 13.2 Å². The van der Waals surface area contributed by atoms with Crippen LogP contribution in [-0.2, 0) is 16.1 Å². The SMILES string of the molecule is O=CC(=O)NCc1ccccc1OC(F)(F)F.